The van der Waals surface area contributed by atoms with Crippen LogP contribution in [0.25, 0.3) is 0 Å². The van der Waals surface area contributed by atoms with E-state index in [1.165, 1.54) is 4.90 Å². The standard InChI is InChI=1S/C45H79N7O8/c1-16-30(6)39(51(13)44(56)37(28(2)3)48-43(55)38(29(4)5)49(10)11)35(58-14)27-36(53)52-25-20-23-34(52)40(59-15)31(7)42(54)47-32(8)41(33-21-18-17-19-22-33)60-45(57)50(12)26-24-46-9/h17-19,21-22,28-32,34-35,37-41,46H,16,20,23-27H2,1-15H3,(H,47,54)(H,48,55)/t30-,31+,32+,34-,35?,37-,38-,39-,40+,41+/m0/s1. The number of carbonyl (C=O) groups is 5. The first kappa shape index (κ1) is 52.3. The Morgan fingerprint density at radius 2 is 1.50 bits per heavy atom. The second kappa shape index (κ2) is 25.2. The Labute approximate surface area is 360 Å². The van der Waals surface area contributed by atoms with Crippen LogP contribution in [0.15, 0.2) is 30.3 Å². The molecule has 342 valence electrons. The highest BCUT2D eigenvalue weighted by Crippen LogP contribution is 2.30. The van der Waals surface area contributed by atoms with Gasteiger partial charge in [0.05, 0.1) is 48.7 Å². The third kappa shape index (κ3) is 14.1. The highest BCUT2D eigenvalue weighted by atomic mass is 16.6. The molecule has 10 atom stereocenters. The van der Waals surface area contributed by atoms with Gasteiger partial charge in [-0.15, -0.1) is 0 Å². The summed E-state index contributed by atoms with van der Waals surface area (Å²) >= 11 is 0. The number of methoxy groups -OCH3 is 2. The fraction of sp³-hybridized carbons (Fsp3) is 0.756. The van der Waals surface area contributed by atoms with E-state index in [4.69, 9.17) is 14.2 Å². The molecule has 0 aromatic heterocycles. The van der Waals surface area contributed by atoms with E-state index in [1.807, 2.05) is 97.9 Å². The Balaban J connectivity index is 2.29. The van der Waals surface area contributed by atoms with Crippen LogP contribution in [0.2, 0.25) is 0 Å². The molecule has 1 unspecified atom stereocenters. The molecule has 2 rings (SSSR count). The van der Waals surface area contributed by atoms with Crippen molar-refractivity contribution in [1.82, 2.24) is 35.6 Å². The summed E-state index contributed by atoms with van der Waals surface area (Å²) in [4.78, 5) is 76.0. The summed E-state index contributed by atoms with van der Waals surface area (Å²) in [7, 11) is 12.0. The molecule has 5 amide bonds. The number of nitrogens with one attached hydrogen (secondary N) is 3. The van der Waals surface area contributed by atoms with Gasteiger partial charge in [0.1, 0.15) is 12.1 Å². The van der Waals surface area contributed by atoms with Crippen LogP contribution in [0.3, 0.4) is 0 Å². The van der Waals surface area contributed by atoms with Crippen LogP contribution in [-0.2, 0) is 33.4 Å². The highest BCUT2D eigenvalue weighted by Gasteiger charge is 2.43. The third-order valence-corrected chi connectivity index (χ3v) is 12.1. The zero-order chi connectivity index (χ0) is 45.4. The van der Waals surface area contributed by atoms with E-state index in [0.717, 1.165) is 18.4 Å². The fourth-order valence-electron chi connectivity index (χ4n) is 8.51. The number of nitrogens with zero attached hydrogens (tertiary/aromatic N) is 4. The summed E-state index contributed by atoms with van der Waals surface area (Å²) in [6.45, 7) is 17.0. The second-order valence-electron chi connectivity index (χ2n) is 17.5. The second-order valence-corrected chi connectivity index (χ2v) is 17.5. The average molecular weight is 846 g/mol. The minimum Gasteiger partial charge on any atom is -0.439 e. The van der Waals surface area contributed by atoms with Gasteiger partial charge in [-0.25, -0.2) is 4.79 Å². The SMILES string of the molecule is CC[C@H](C)[C@@H](C(CC(=O)N1CCC[C@H]1[C@H](OC)[C@@H](C)C(=O)N[C@H](C)[C@@H](OC(=O)N(C)CCNC)c1ccccc1)OC)N(C)C(=O)[C@@H](NC(=O)[C@H](C(C)C)N(C)C)C(C)C. The fourth-order valence-corrected chi connectivity index (χ4v) is 8.51. The predicted molar refractivity (Wildman–Crippen MR) is 235 cm³/mol. The molecule has 15 heteroatoms. The van der Waals surface area contributed by atoms with E-state index < -0.39 is 54.5 Å². The number of hydrogen-bond acceptors (Lipinski definition) is 10. The Morgan fingerprint density at radius 3 is 2.02 bits per heavy atom. The minimum absolute atomic E-state index is 0.00924. The quantitative estimate of drug-likeness (QED) is 0.138. The zero-order valence-electron chi connectivity index (χ0n) is 39.3. The zero-order valence-corrected chi connectivity index (χ0v) is 39.3. The topological polar surface area (TPSA) is 162 Å². The van der Waals surface area contributed by atoms with Gasteiger partial charge in [0.15, 0.2) is 0 Å². The maximum Gasteiger partial charge on any atom is 0.410 e. The maximum atomic E-state index is 14.4. The highest BCUT2D eigenvalue weighted by molar-refractivity contribution is 5.90. The largest absolute Gasteiger partial charge is 0.439 e. The van der Waals surface area contributed by atoms with Gasteiger partial charge in [0.2, 0.25) is 23.6 Å². The van der Waals surface area contributed by atoms with E-state index in [-0.39, 0.29) is 53.8 Å². The van der Waals surface area contributed by atoms with Crippen LogP contribution in [0.1, 0.15) is 92.7 Å². The van der Waals surface area contributed by atoms with Crippen molar-refractivity contribution in [2.45, 2.75) is 130 Å². The molecule has 60 heavy (non-hydrogen) atoms. The van der Waals surface area contributed by atoms with Crippen LogP contribution in [0.4, 0.5) is 4.79 Å². The van der Waals surface area contributed by atoms with Gasteiger partial charge in [-0.2, -0.15) is 0 Å². The lowest BCUT2D eigenvalue weighted by Crippen LogP contribution is -2.59. The van der Waals surface area contributed by atoms with Crippen LogP contribution in [0, 0.1) is 23.7 Å². The lowest BCUT2D eigenvalue weighted by Gasteiger charge is -2.41. The molecular formula is C45H79N7O8. The minimum atomic E-state index is -0.774. The molecule has 0 radical (unpaired) electrons. The average Bonchev–Trinajstić information content (AvgIpc) is 3.69. The van der Waals surface area contributed by atoms with Crippen LogP contribution < -0.4 is 16.0 Å². The van der Waals surface area contributed by atoms with Crippen molar-refractivity contribution in [3.05, 3.63) is 35.9 Å². The summed E-state index contributed by atoms with van der Waals surface area (Å²) in [5.41, 5.74) is 0.744. The third-order valence-electron chi connectivity index (χ3n) is 12.1. The number of ether oxygens (including phenoxy) is 3. The van der Waals surface area contributed by atoms with E-state index in [2.05, 4.69) is 16.0 Å². The van der Waals surface area contributed by atoms with Gasteiger partial charge >= 0.3 is 6.09 Å². The molecule has 1 saturated heterocycles. The first-order valence-electron chi connectivity index (χ1n) is 21.8. The van der Waals surface area contributed by atoms with Crippen molar-refractivity contribution in [2.75, 3.05) is 69.1 Å². The van der Waals surface area contributed by atoms with Crippen LogP contribution in [-0.4, -0.2) is 161 Å². The molecule has 15 nitrogen and oxygen atoms in total. The molecular weight excluding hydrogens is 767 g/mol. The van der Waals surface area contributed by atoms with E-state index in [1.54, 1.807) is 52.0 Å². The Bertz CT molecular complexity index is 1490. The number of rotatable bonds is 24. The summed E-state index contributed by atoms with van der Waals surface area (Å²) < 4.78 is 18.0. The summed E-state index contributed by atoms with van der Waals surface area (Å²) in [6.07, 6.45) is -0.416. The summed E-state index contributed by atoms with van der Waals surface area (Å²) in [5.74, 6) is -1.75. The van der Waals surface area contributed by atoms with Crippen molar-refractivity contribution < 1.29 is 38.2 Å². The van der Waals surface area contributed by atoms with Crippen LogP contribution in [0.5, 0.6) is 0 Å². The van der Waals surface area contributed by atoms with Crippen molar-refractivity contribution >= 4 is 29.7 Å². The number of hydrogen-bond donors (Lipinski definition) is 3. The van der Waals surface area contributed by atoms with Gasteiger partial charge in [-0.3, -0.25) is 24.1 Å². The number of amides is 5. The molecule has 1 fully saturated rings. The van der Waals surface area contributed by atoms with Gasteiger partial charge < -0.3 is 44.9 Å². The van der Waals surface area contributed by atoms with Gasteiger partial charge in [0, 0.05) is 47.9 Å². The summed E-state index contributed by atoms with van der Waals surface area (Å²) in [5, 5.41) is 9.14. The number of likely N-dealkylation sites (tertiary alicyclic amines) is 1. The first-order valence-corrected chi connectivity index (χ1v) is 21.8. The molecule has 1 heterocycles. The van der Waals surface area contributed by atoms with Crippen molar-refractivity contribution in [2.24, 2.45) is 23.7 Å². The van der Waals surface area contributed by atoms with Gasteiger partial charge in [-0.05, 0) is 64.2 Å². The molecule has 0 saturated carbocycles. The molecule has 0 spiro atoms. The predicted octanol–water partition coefficient (Wildman–Crippen LogP) is 4.17. The number of benzene rings is 1. The van der Waals surface area contributed by atoms with E-state index in [0.29, 0.717) is 26.1 Å². The van der Waals surface area contributed by atoms with Gasteiger partial charge in [0.25, 0.3) is 0 Å². The van der Waals surface area contributed by atoms with Gasteiger partial charge in [-0.1, -0.05) is 85.2 Å². The summed E-state index contributed by atoms with van der Waals surface area (Å²) in [6, 6.07) is 6.70. The normalized spacial score (nSPS) is 18.8. The molecule has 0 bridgehead atoms. The van der Waals surface area contributed by atoms with Crippen LogP contribution >= 0.6 is 0 Å². The molecule has 0 aliphatic carbocycles. The van der Waals surface area contributed by atoms with Crippen molar-refractivity contribution in [1.29, 1.82) is 0 Å². The molecule has 3 N–H and O–H groups in total. The van der Waals surface area contributed by atoms with Crippen molar-refractivity contribution in [3.63, 3.8) is 0 Å². The smallest absolute Gasteiger partial charge is 0.410 e. The lowest BCUT2D eigenvalue weighted by atomic mass is 9.89. The molecule has 1 aliphatic heterocycles. The van der Waals surface area contributed by atoms with Crippen molar-refractivity contribution in [3.8, 4) is 0 Å². The first-order chi connectivity index (χ1) is 28.3. The Kier molecular flexibility index (Phi) is 22.0. The van der Waals surface area contributed by atoms with E-state index in [9.17, 15) is 24.0 Å². The molecule has 1 aromatic rings. The lowest BCUT2D eigenvalue weighted by molar-refractivity contribution is -0.148. The van der Waals surface area contributed by atoms with E-state index >= 15 is 0 Å². The maximum absolute atomic E-state index is 14.4. The number of likely N-dealkylation sites (N-methyl/N-ethyl adjacent to an activating group) is 4. The number of carbonyl (C=O) groups excluding carboxylic acids is 5. The molecule has 1 aromatic carbocycles. The Hall–Kier alpha value is -3.79. The Morgan fingerprint density at radius 1 is 0.867 bits per heavy atom. The molecule has 1 aliphatic rings. The monoisotopic (exact) mass is 846 g/mol.